The quantitative estimate of drug-likeness (QED) is 0.341. The van der Waals surface area contributed by atoms with Crippen molar-refractivity contribution in [1.82, 2.24) is 0 Å². The minimum absolute atomic E-state index is 0.0153. The number of fused-ring (bicyclic) bond motifs is 2. The zero-order chi connectivity index (χ0) is 21.5. The van der Waals surface area contributed by atoms with E-state index in [4.69, 9.17) is 0 Å². The Bertz CT molecular complexity index is 1080. The van der Waals surface area contributed by atoms with E-state index in [1.807, 2.05) is 24.3 Å². The second-order valence-corrected chi connectivity index (χ2v) is 8.41. The highest BCUT2D eigenvalue weighted by atomic mass is 16.6. The molecule has 0 aromatic heterocycles. The lowest BCUT2D eigenvalue weighted by atomic mass is 9.85. The lowest BCUT2D eigenvalue weighted by molar-refractivity contribution is -0.383. The molecule has 0 saturated carbocycles. The van der Waals surface area contributed by atoms with E-state index in [0.717, 1.165) is 29.7 Å². The first kappa shape index (κ1) is 19.5. The number of carbonyl (C=O) groups excluding carboxylic acids is 2. The topological polar surface area (TPSA) is 92.6 Å². The SMILES string of the molecule is O=C1C2CC=CCC2C(=O)N1c1ccc(NC2CCCc3ccccc32)c([N+](=O)[O-])c1. The maximum atomic E-state index is 12.9. The van der Waals surface area contributed by atoms with Gasteiger partial charge in [-0.1, -0.05) is 36.4 Å². The number of nitro groups is 1. The predicted molar refractivity (Wildman–Crippen MR) is 117 cm³/mol. The van der Waals surface area contributed by atoms with Gasteiger partial charge >= 0.3 is 0 Å². The maximum Gasteiger partial charge on any atom is 0.294 e. The second-order valence-electron chi connectivity index (χ2n) is 8.41. The molecular weight excluding hydrogens is 394 g/mol. The molecule has 7 heteroatoms. The lowest BCUT2D eigenvalue weighted by Gasteiger charge is -2.27. The fourth-order valence-electron chi connectivity index (χ4n) is 5.08. The van der Waals surface area contributed by atoms with Crippen LogP contribution < -0.4 is 10.2 Å². The minimum Gasteiger partial charge on any atom is -0.373 e. The van der Waals surface area contributed by atoms with Crippen LogP contribution in [-0.4, -0.2) is 16.7 Å². The van der Waals surface area contributed by atoms with Crippen molar-refractivity contribution >= 4 is 28.9 Å². The molecule has 2 aromatic rings. The summed E-state index contributed by atoms with van der Waals surface area (Å²) < 4.78 is 0. The van der Waals surface area contributed by atoms with Crippen LogP contribution in [0.1, 0.15) is 42.9 Å². The van der Waals surface area contributed by atoms with Gasteiger partial charge in [-0.2, -0.15) is 0 Å². The van der Waals surface area contributed by atoms with Gasteiger partial charge in [0.1, 0.15) is 5.69 Å². The summed E-state index contributed by atoms with van der Waals surface area (Å²) in [5.74, 6) is -1.27. The number of rotatable bonds is 4. The van der Waals surface area contributed by atoms with Crippen molar-refractivity contribution in [3.05, 3.63) is 75.9 Å². The normalized spacial score (nSPS) is 24.6. The van der Waals surface area contributed by atoms with Crippen molar-refractivity contribution in [2.45, 2.75) is 38.1 Å². The molecule has 1 saturated heterocycles. The summed E-state index contributed by atoms with van der Waals surface area (Å²) in [7, 11) is 0. The van der Waals surface area contributed by atoms with Gasteiger partial charge in [-0.15, -0.1) is 0 Å². The number of hydrogen-bond donors (Lipinski definition) is 1. The van der Waals surface area contributed by atoms with E-state index < -0.39 is 4.92 Å². The molecule has 5 rings (SSSR count). The number of amides is 2. The Morgan fingerprint density at radius 3 is 2.42 bits per heavy atom. The number of aryl methyl sites for hydroxylation is 1. The van der Waals surface area contributed by atoms with E-state index in [2.05, 4.69) is 17.4 Å². The fourth-order valence-corrected chi connectivity index (χ4v) is 5.08. The van der Waals surface area contributed by atoms with Crippen LogP contribution in [0.15, 0.2) is 54.6 Å². The van der Waals surface area contributed by atoms with Crippen molar-refractivity contribution in [3.63, 3.8) is 0 Å². The Labute approximate surface area is 179 Å². The molecule has 7 nitrogen and oxygen atoms in total. The standard InChI is InChI=1S/C24H23N3O4/c28-23-18-9-3-4-10-19(18)24(29)26(23)16-12-13-21(22(14-16)27(30)31)25-20-11-5-7-15-6-1-2-8-17(15)20/h1-4,6,8,12-14,18-20,25H,5,7,9-11H2. The molecule has 1 heterocycles. The van der Waals surface area contributed by atoms with E-state index in [0.29, 0.717) is 18.5 Å². The maximum absolute atomic E-state index is 12.9. The van der Waals surface area contributed by atoms with Gasteiger partial charge < -0.3 is 5.32 Å². The third-order valence-electron chi connectivity index (χ3n) is 6.64. The summed E-state index contributed by atoms with van der Waals surface area (Å²) in [5.41, 5.74) is 2.96. The molecule has 2 aromatic carbocycles. The predicted octanol–water partition coefficient (Wildman–Crippen LogP) is 4.54. The molecule has 158 valence electrons. The molecule has 1 N–H and O–H groups in total. The van der Waals surface area contributed by atoms with Gasteiger partial charge in [0, 0.05) is 6.07 Å². The summed E-state index contributed by atoms with van der Waals surface area (Å²) in [6, 6.07) is 12.7. The number of benzene rings is 2. The van der Waals surface area contributed by atoms with Crippen LogP contribution >= 0.6 is 0 Å². The van der Waals surface area contributed by atoms with Crippen LogP contribution in [0.5, 0.6) is 0 Å². The van der Waals surface area contributed by atoms with Gasteiger partial charge in [0.25, 0.3) is 5.69 Å². The van der Waals surface area contributed by atoms with E-state index in [1.54, 1.807) is 12.1 Å². The largest absolute Gasteiger partial charge is 0.373 e. The number of nitrogens with one attached hydrogen (secondary N) is 1. The lowest BCUT2D eigenvalue weighted by Crippen LogP contribution is -2.31. The monoisotopic (exact) mass is 417 g/mol. The highest BCUT2D eigenvalue weighted by Crippen LogP contribution is 2.41. The second kappa shape index (κ2) is 7.65. The zero-order valence-corrected chi connectivity index (χ0v) is 17.0. The molecule has 1 aliphatic heterocycles. The van der Waals surface area contributed by atoms with E-state index in [-0.39, 0.29) is 41.1 Å². The first-order valence-corrected chi connectivity index (χ1v) is 10.7. The number of allylic oxidation sites excluding steroid dienone is 2. The molecule has 3 atom stereocenters. The fraction of sp³-hybridized carbons (Fsp3) is 0.333. The van der Waals surface area contributed by atoms with Gasteiger partial charge in [0.05, 0.1) is 28.5 Å². The van der Waals surface area contributed by atoms with E-state index in [1.165, 1.54) is 11.6 Å². The molecule has 0 spiro atoms. The molecule has 1 fully saturated rings. The molecule has 0 radical (unpaired) electrons. The van der Waals surface area contributed by atoms with Crippen LogP contribution in [-0.2, 0) is 16.0 Å². The van der Waals surface area contributed by atoms with Crippen molar-refractivity contribution in [2.75, 3.05) is 10.2 Å². The van der Waals surface area contributed by atoms with Gasteiger partial charge in [-0.3, -0.25) is 19.7 Å². The van der Waals surface area contributed by atoms with Crippen molar-refractivity contribution in [2.24, 2.45) is 11.8 Å². The number of hydrogen-bond acceptors (Lipinski definition) is 5. The highest BCUT2D eigenvalue weighted by molar-refractivity contribution is 6.22. The average Bonchev–Trinajstić information content (AvgIpc) is 3.04. The summed E-state index contributed by atoms with van der Waals surface area (Å²) >= 11 is 0. The molecule has 0 bridgehead atoms. The van der Waals surface area contributed by atoms with Gasteiger partial charge in [-0.25, -0.2) is 4.90 Å². The summed E-state index contributed by atoms with van der Waals surface area (Å²) in [5, 5.41) is 15.2. The molecule has 2 aliphatic carbocycles. The Morgan fingerprint density at radius 1 is 1.00 bits per heavy atom. The Kier molecular flexibility index (Phi) is 4.81. The number of anilines is 2. The first-order chi connectivity index (χ1) is 15.0. The van der Waals surface area contributed by atoms with Gasteiger partial charge in [-0.05, 0) is 55.4 Å². The summed E-state index contributed by atoms with van der Waals surface area (Å²) in [6.07, 6.45) is 7.82. The molecule has 3 unspecified atom stereocenters. The van der Waals surface area contributed by atoms with Crippen LogP contribution in [0, 0.1) is 22.0 Å². The number of imide groups is 1. The summed E-state index contributed by atoms with van der Waals surface area (Å²) in [6.45, 7) is 0. The molecule has 31 heavy (non-hydrogen) atoms. The Morgan fingerprint density at radius 2 is 1.71 bits per heavy atom. The number of nitrogens with zero attached hydrogens (tertiary/aromatic N) is 2. The minimum atomic E-state index is -0.458. The Balaban J connectivity index is 1.46. The van der Waals surface area contributed by atoms with Gasteiger partial charge in [0.15, 0.2) is 0 Å². The zero-order valence-electron chi connectivity index (χ0n) is 17.0. The van der Waals surface area contributed by atoms with Crippen molar-refractivity contribution < 1.29 is 14.5 Å². The van der Waals surface area contributed by atoms with Crippen LogP contribution in [0.4, 0.5) is 17.1 Å². The van der Waals surface area contributed by atoms with Crippen LogP contribution in [0.2, 0.25) is 0 Å². The molecular formula is C24H23N3O4. The van der Waals surface area contributed by atoms with Gasteiger partial charge in [0.2, 0.25) is 11.8 Å². The number of nitro benzene ring substituents is 1. The smallest absolute Gasteiger partial charge is 0.294 e. The van der Waals surface area contributed by atoms with E-state index in [9.17, 15) is 19.7 Å². The number of carbonyl (C=O) groups is 2. The Hall–Kier alpha value is -3.48. The molecule has 2 amide bonds. The van der Waals surface area contributed by atoms with Crippen LogP contribution in [0.3, 0.4) is 0 Å². The molecule has 3 aliphatic rings. The third-order valence-corrected chi connectivity index (χ3v) is 6.64. The van der Waals surface area contributed by atoms with Crippen molar-refractivity contribution in [1.29, 1.82) is 0 Å². The van der Waals surface area contributed by atoms with E-state index >= 15 is 0 Å². The van der Waals surface area contributed by atoms with Crippen molar-refractivity contribution in [3.8, 4) is 0 Å². The third kappa shape index (κ3) is 3.30. The average molecular weight is 417 g/mol. The summed E-state index contributed by atoms with van der Waals surface area (Å²) in [4.78, 5) is 38.2. The highest BCUT2D eigenvalue weighted by Gasteiger charge is 2.48. The van der Waals surface area contributed by atoms with Crippen LogP contribution in [0.25, 0.3) is 0 Å². The first-order valence-electron chi connectivity index (χ1n) is 10.7.